The second-order valence-corrected chi connectivity index (χ2v) is 16.1. The van der Waals surface area contributed by atoms with Crippen LogP contribution in [0.4, 0.5) is 0 Å². The van der Waals surface area contributed by atoms with Gasteiger partial charge in [0, 0.05) is 50.6 Å². The summed E-state index contributed by atoms with van der Waals surface area (Å²) < 4.78 is 0. The third-order valence-electron chi connectivity index (χ3n) is 10.2. The molecule has 0 aliphatic heterocycles. The molecule has 328 valence electrons. The van der Waals surface area contributed by atoms with Gasteiger partial charge in [0.15, 0.2) is 23.5 Å². The molecule has 15 nitrogen and oxygen atoms in total. The summed E-state index contributed by atoms with van der Waals surface area (Å²) in [4.78, 5) is 86.1. The van der Waals surface area contributed by atoms with Crippen LogP contribution in [0.15, 0.2) is 9.98 Å². The van der Waals surface area contributed by atoms with Crippen LogP contribution in [-0.2, 0) is 28.8 Å². The molecular weight excluding hydrogens is 727 g/mol. The molecule has 0 aliphatic carbocycles. The number of aliphatic imine (C=N–C) groups is 2. The van der Waals surface area contributed by atoms with Crippen molar-refractivity contribution >= 4 is 47.0 Å². The Kier molecular flexibility index (Phi) is 30.6. The normalized spacial score (nSPS) is 13.2. The van der Waals surface area contributed by atoms with Gasteiger partial charge in [-0.1, -0.05) is 97.8 Å². The number of Topliss-reactive ketones (excluding diaryl/α,β-unsaturated/α-hetero) is 3. The minimum Gasteiger partial charge on any atom is -0.370 e. The van der Waals surface area contributed by atoms with Crippen molar-refractivity contribution in [2.24, 2.45) is 56.4 Å². The molecule has 0 aromatic carbocycles. The molecule has 0 bridgehead atoms. The highest BCUT2D eigenvalue weighted by molar-refractivity contribution is 5.95. The van der Waals surface area contributed by atoms with Crippen molar-refractivity contribution in [2.45, 2.75) is 187 Å². The molecule has 57 heavy (non-hydrogen) atoms. The highest BCUT2D eigenvalue weighted by atomic mass is 16.2. The lowest BCUT2D eigenvalue weighted by atomic mass is 9.87. The Morgan fingerprint density at radius 1 is 0.544 bits per heavy atom. The predicted molar refractivity (Wildman–Crippen MR) is 229 cm³/mol. The summed E-state index contributed by atoms with van der Waals surface area (Å²) in [7, 11) is 0. The Hall–Kier alpha value is -4.04. The number of nitrogens with two attached hydrogens (primary N) is 5. The average molecular weight is 806 g/mol. The smallest absolute Gasteiger partial charge is 0.224 e. The maximum atomic E-state index is 13.9. The van der Waals surface area contributed by atoms with Crippen LogP contribution in [0.2, 0.25) is 0 Å². The van der Waals surface area contributed by atoms with Crippen LogP contribution in [0.25, 0.3) is 0 Å². The molecule has 0 heterocycles. The third-order valence-corrected chi connectivity index (χ3v) is 10.2. The quantitative estimate of drug-likeness (QED) is 0.0260. The van der Waals surface area contributed by atoms with Crippen LogP contribution in [0, 0.1) is 17.8 Å². The van der Waals surface area contributed by atoms with Crippen LogP contribution < -0.4 is 39.3 Å². The minimum absolute atomic E-state index is 0.0333. The standard InChI is InChI=1S/C42H79N9O6/c1-5-6-7-8-9-10-11-12-13-14-15-16-17-22-39(56)50-34(20-18-25-48-41(44)45)37(54)29-33(27-30(2)3)40(57)51-35(21-19-26-49-42(46)47)36(53)28-32(31(4)52)23-24-38(43)55/h30,32-35H,5-29H2,1-4H3,(H2,43,55)(H,50,56)(H,51,57)(H4,44,45,48)(H4,46,47,49)/t32-,33-,34+,35+/m1/s1. The number of guanidine groups is 2. The van der Waals surface area contributed by atoms with Gasteiger partial charge in [-0.05, 0) is 57.8 Å². The molecule has 3 amide bonds. The predicted octanol–water partition coefficient (Wildman–Crippen LogP) is 4.60. The second kappa shape index (κ2) is 33.0. The van der Waals surface area contributed by atoms with Gasteiger partial charge in [-0.3, -0.25) is 38.8 Å². The van der Waals surface area contributed by atoms with Crippen molar-refractivity contribution < 1.29 is 28.8 Å². The summed E-state index contributed by atoms with van der Waals surface area (Å²) in [5.41, 5.74) is 27.2. The molecule has 0 rings (SSSR count). The zero-order valence-electron chi connectivity index (χ0n) is 35.8. The first-order chi connectivity index (χ1) is 27.1. The first kappa shape index (κ1) is 53.0. The molecule has 0 aliphatic rings. The molecule has 4 atom stereocenters. The Morgan fingerprint density at radius 3 is 1.40 bits per heavy atom. The van der Waals surface area contributed by atoms with Crippen molar-refractivity contribution in [2.75, 3.05) is 13.1 Å². The lowest BCUT2D eigenvalue weighted by Gasteiger charge is -2.25. The average Bonchev–Trinajstić information content (AvgIpc) is 3.13. The molecule has 15 heteroatoms. The zero-order valence-corrected chi connectivity index (χ0v) is 35.8. The van der Waals surface area contributed by atoms with E-state index < -0.39 is 35.7 Å². The van der Waals surface area contributed by atoms with E-state index in [-0.39, 0.29) is 86.3 Å². The van der Waals surface area contributed by atoms with Gasteiger partial charge in [0.2, 0.25) is 17.7 Å². The van der Waals surface area contributed by atoms with Gasteiger partial charge in [0.1, 0.15) is 5.78 Å². The summed E-state index contributed by atoms with van der Waals surface area (Å²) in [6.07, 6.45) is 17.2. The maximum absolute atomic E-state index is 13.9. The summed E-state index contributed by atoms with van der Waals surface area (Å²) >= 11 is 0. The number of nitrogens with one attached hydrogen (secondary N) is 2. The summed E-state index contributed by atoms with van der Waals surface area (Å²) in [6.45, 7) is 7.95. The molecule has 12 N–H and O–H groups in total. The largest absolute Gasteiger partial charge is 0.370 e. The lowest BCUT2D eigenvalue weighted by Crippen LogP contribution is -2.47. The van der Waals surface area contributed by atoms with Gasteiger partial charge in [0.25, 0.3) is 0 Å². The van der Waals surface area contributed by atoms with Gasteiger partial charge in [-0.2, -0.15) is 0 Å². The summed E-state index contributed by atoms with van der Waals surface area (Å²) in [5.74, 6) is -3.89. The molecule has 0 radical (unpaired) electrons. The lowest BCUT2D eigenvalue weighted by molar-refractivity contribution is -0.134. The molecule has 0 aromatic heterocycles. The monoisotopic (exact) mass is 806 g/mol. The topological polar surface area (TPSA) is 281 Å². The van der Waals surface area contributed by atoms with Gasteiger partial charge >= 0.3 is 0 Å². The number of hydrogen-bond donors (Lipinski definition) is 7. The summed E-state index contributed by atoms with van der Waals surface area (Å²) in [6, 6.07) is -1.82. The maximum Gasteiger partial charge on any atom is 0.224 e. The number of primary amides is 1. The van der Waals surface area contributed by atoms with Crippen molar-refractivity contribution in [3.8, 4) is 0 Å². The number of carbonyl (C=O) groups excluding carboxylic acids is 6. The van der Waals surface area contributed by atoms with Crippen LogP contribution in [0.5, 0.6) is 0 Å². The molecule has 0 unspecified atom stereocenters. The van der Waals surface area contributed by atoms with Crippen molar-refractivity contribution in [1.29, 1.82) is 0 Å². The molecular formula is C42H79N9O6. The van der Waals surface area contributed by atoms with Crippen molar-refractivity contribution in [3.05, 3.63) is 0 Å². The first-order valence-corrected chi connectivity index (χ1v) is 21.6. The van der Waals surface area contributed by atoms with E-state index in [2.05, 4.69) is 27.5 Å². The Balaban J connectivity index is 5.60. The Bertz CT molecular complexity index is 1250. The Morgan fingerprint density at radius 2 is 0.982 bits per heavy atom. The molecule has 0 fully saturated rings. The van der Waals surface area contributed by atoms with Crippen LogP contribution >= 0.6 is 0 Å². The molecule has 0 spiro atoms. The number of nitrogens with zero attached hydrogens (tertiary/aromatic N) is 2. The van der Waals surface area contributed by atoms with Crippen molar-refractivity contribution in [1.82, 2.24) is 10.6 Å². The number of amides is 3. The SMILES string of the molecule is CCCCCCCCCCCCCCCC(=O)N[C@@H](CCCN=C(N)N)C(=O)C[C@@H](CC(C)C)C(=O)N[C@@H](CCCN=C(N)N)C(=O)C[C@@H](CCC(N)=O)C(C)=O. The van der Waals surface area contributed by atoms with Crippen LogP contribution in [0.3, 0.4) is 0 Å². The van der Waals surface area contributed by atoms with Crippen LogP contribution in [-0.4, -0.2) is 72.2 Å². The van der Waals surface area contributed by atoms with E-state index in [0.29, 0.717) is 32.1 Å². The fourth-order valence-corrected chi connectivity index (χ4v) is 6.88. The van der Waals surface area contributed by atoms with E-state index in [0.717, 1.165) is 25.7 Å². The minimum atomic E-state index is -0.984. The van der Waals surface area contributed by atoms with E-state index in [1.54, 1.807) is 0 Å². The Labute approximate surface area is 342 Å². The third kappa shape index (κ3) is 29.8. The van der Waals surface area contributed by atoms with E-state index in [1.165, 1.54) is 64.7 Å². The number of hydrogen-bond acceptors (Lipinski definition) is 8. The number of ketones is 3. The van der Waals surface area contributed by atoms with Crippen molar-refractivity contribution in [3.63, 3.8) is 0 Å². The summed E-state index contributed by atoms with van der Waals surface area (Å²) in [5, 5.41) is 5.77. The fourth-order valence-electron chi connectivity index (χ4n) is 6.88. The number of carbonyl (C=O) groups is 6. The fraction of sp³-hybridized carbons (Fsp3) is 0.810. The van der Waals surface area contributed by atoms with E-state index in [1.807, 2.05) is 13.8 Å². The van der Waals surface area contributed by atoms with Gasteiger partial charge in [-0.15, -0.1) is 0 Å². The van der Waals surface area contributed by atoms with Gasteiger partial charge in [-0.25, -0.2) is 0 Å². The second-order valence-electron chi connectivity index (χ2n) is 16.1. The highest BCUT2D eigenvalue weighted by Crippen LogP contribution is 2.21. The van der Waals surface area contributed by atoms with Crippen LogP contribution in [0.1, 0.15) is 175 Å². The van der Waals surface area contributed by atoms with E-state index in [9.17, 15) is 28.8 Å². The number of rotatable bonds is 37. The number of unbranched alkanes of at least 4 members (excludes halogenated alkanes) is 12. The molecule has 0 saturated carbocycles. The molecule has 0 aromatic rings. The van der Waals surface area contributed by atoms with E-state index >= 15 is 0 Å². The zero-order chi connectivity index (χ0) is 43.0. The van der Waals surface area contributed by atoms with Gasteiger partial charge in [0.05, 0.1) is 12.1 Å². The van der Waals surface area contributed by atoms with E-state index in [4.69, 9.17) is 28.7 Å². The highest BCUT2D eigenvalue weighted by Gasteiger charge is 2.32. The molecule has 0 saturated heterocycles. The van der Waals surface area contributed by atoms with Gasteiger partial charge < -0.3 is 39.3 Å². The first-order valence-electron chi connectivity index (χ1n) is 21.6.